The lowest BCUT2D eigenvalue weighted by atomic mass is 10.2. The van der Waals surface area contributed by atoms with Gasteiger partial charge in [-0.2, -0.15) is 0 Å². The second-order valence-electron chi connectivity index (χ2n) is 5.50. The van der Waals surface area contributed by atoms with Crippen LogP contribution in [0, 0.1) is 12.7 Å². The van der Waals surface area contributed by atoms with Gasteiger partial charge in [0.25, 0.3) is 5.91 Å². The molecule has 0 aliphatic carbocycles. The molecule has 6 nitrogen and oxygen atoms in total. The van der Waals surface area contributed by atoms with Gasteiger partial charge in [0.05, 0.1) is 24.1 Å². The Morgan fingerprint density at radius 3 is 2.50 bits per heavy atom. The Labute approximate surface area is 139 Å². The van der Waals surface area contributed by atoms with E-state index >= 15 is 0 Å². The monoisotopic (exact) mass is 333 g/mol. The number of ketones is 1. The van der Waals surface area contributed by atoms with Crippen molar-refractivity contribution in [2.45, 2.75) is 13.8 Å². The Bertz CT molecular complexity index is 799. The molecule has 0 aliphatic heterocycles. The third-order valence-electron chi connectivity index (χ3n) is 3.76. The van der Waals surface area contributed by atoms with Gasteiger partial charge >= 0.3 is 0 Å². The lowest BCUT2D eigenvalue weighted by Gasteiger charge is -2.16. The summed E-state index contributed by atoms with van der Waals surface area (Å²) in [5.74, 6) is -0.782. The van der Waals surface area contributed by atoms with Crippen LogP contribution in [0.2, 0.25) is 0 Å². The van der Waals surface area contributed by atoms with Crippen molar-refractivity contribution in [3.63, 3.8) is 0 Å². The molecule has 0 bridgehead atoms. The molecular formula is C17H20FN3O3. The van der Waals surface area contributed by atoms with E-state index in [0.717, 1.165) is 10.6 Å². The summed E-state index contributed by atoms with van der Waals surface area (Å²) in [6, 6.07) is 6.19. The number of aryl methyl sites for hydroxylation is 1. The highest BCUT2D eigenvalue weighted by atomic mass is 19.1. The topological polar surface area (TPSA) is 63.6 Å². The Kier molecular flexibility index (Phi) is 5.04. The minimum absolute atomic E-state index is 0.205. The summed E-state index contributed by atoms with van der Waals surface area (Å²) in [4.78, 5) is 29.1. The van der Waals surface area contributed by atoms with E-state index in [4.69, 9.17) is 4.84 Å². The van der Waals surface area contributed by atoms with Gasteiger partial charge in [0.2, 0.25) is 0 Å². The van der Waals surface area contributed by atoms with E-state index in [9.17, 15) is 14.0 Å². The van der Waals surface area contributed by atoms with Crippen molar-refractivity contribution in [2.24, 2.45) is 7.05 Å². The molecule has 0 fully saturated rings. The molecule has 24 heavy (non-hydrogen) atoms. The van der Waals surface area contributed by atoms with Crippen molar-refractivity contribution in [1.82, 2.24) is 9.63 Å². The van der Waals surface area contributed by atoms with Crippen LogP contribution < -0.4 is 5.32 Å². The first kappa shape index (κ1) is 17.7. The van der Waals surface area contributed by atoms with Crippen LogP contribution in [0.4, 0.5) is 15.9 Å². The summed E-state index contributed by atoms with van der Waals surface area (Å²) in [6.07, 6.45) is 0. The van der Waals surface area contributed by atoms with Crippen LogP contribution >= 0.6 is 0 Å². The summed E-state index contributed by atoms with van der Waals surface area (Å²) < 4.78 is 15.7. The van der Waals surface area contributed by atoms with Gasteiger partial charge in [0, 0.05) is 21.0 Å². The lowest BCUT2D eigenvalue weighted by Crippen LogP contribution is -2.25. The van der Waals surface area contributed by atoms with Gasteiger partial charge in [-0.3, -0.25) is 14.4 Å². The van der Waals surface area contributed by atoms with Crippen molar-refractivity contribution in [3.8, 4) is 0 Å². The van der Waals surface area contributed by atoms with E-state index in [1.54, 1.807) is 26.1 Å². The van der Waals surface area contributed by atoms with Crippen LogP contribution in [-0.4, -0.2) is 35.5 Å². The largest absolute Gasteiger partial charge is 0.339 e. The number of anilines is 2. The number of nitrogens with zero attached hydrogens (tertiary/aromatic N) is 2. The predicted octanol–water partition coefficient (Wildman–Crippen LogP) is 3.05. The maximum absolute atomic E-state index is 14.1. The van der Waals surface area contributed by atoms with Crippen LogP contribution in [0.25, 0.3) is 0 Å². The van der Waals surface area contributed by atoms with Gasteiger partial charge in [-0.05, 0) is 30.7 Å². The number of Topliss-reactive ketones (excluding diaryl/α,β-unsaturated/α-hetero) is 1. The van der Waals surface area contributed by atoms with Crippen molar-refractivity contribution in [3.05, 3.63) is 46.9 Å². The molecule has 0 spiro atoms. The zero-order chi connectivity index (χ0) is 18.0. The van der Waals surface area contributed by atoms with Crippen molar-refractivity contribution >= 4 is 23.2 Å². The second-order valence-corrected chi connectivity index (χ2v) is 5.50. The highest BCUT2D eigenvalue weighted by Crippen LogP contribution is 2.27. The average Bonchev–Trinajstić information content (AvgIpc) is 2.85. The fourth-order valence-corrected chi connectivity index (χ4v) is 2.36. The fraction of sp³-hybridized carbons (Fsp3) is 0.294. The molecule has 7 heteroatoms. The number of hydrogen-bond donors (Lipinski definition) is 1. The van der Waals surface area contributed by atoms with E-state index in [1.165, 1.54) is 37.8 Å². The summed E-state index contributed by atoms with van der Waals surface area (Å²) in [5, 5.41) is 3.94. The Morgan fingerprint density at radius 1 is 1.29 bits per heavy atom. The number of carbonyl (C=O) groups is 2. The van der Waals surface area contributed by atoms with E-state index in [0.29, 0.717) is 11.5 Å². The first-order valence-corrected chi connectivity index (χ1v) is 7.32. The predicted molar refractivity (Wildman–Crippen MR) is 88.9 cm³/mol. The summed E-state index contributed by atoms with van der Waals surface area (Å²) in [7, 11) is 4.45. The number of hydrogen-bond acceptors (Lipinski definition) is 4. The van der Waals surface area contributed by atoms with Crippen LogP contribution in [-0.2, 0) is 11.9 Å². The Balaban J connectivity index is 2.54. The molecule has 0 atom stereocenters. The number of benzene rings is 1. The molecule has 1 amide bonds. The first-order chi connectivity index (χ1) is 11.3. The SMILES string of the molecule is CON(C)C(=O)c1cc(C(C)=O)n(C)c1Nc1ccc(C)cc1F. The van der Waals surface area contributed by atoms with Crippen LogP contribution in [0.15, 0.2) is 24.3 Å². The summed E-state index contributed by atoms with van der Waals surface area (Å²) in [5.41, 5.74) is 1.54. The third-order valence-corrected chi connectivity index (χ3v) is 3.76. The smallest absolute Gasteiger partial charge is 0.280 e. The minimum atomic E-state index is -0.449. The van der Waals surface area contributed by atoms with Crippen molar-refractivity contribution in [2.75, 3.05) is 19.5 Å². The van der Waals surface area contributed by atoms with Gasteiger partial charge in [-0.25, -0.2) is 9.45 Å². The molecule has 1 N–H and O–H groups in total. The van der Waals surface area contributed by atoms with Gasteiger partial charge in [0.15, 0.2) is 5.78 Å². The maximum Gasteiger partial charge on any atom is 0.280 e. The van der Waals surface area contributed by atoms with Crippen molar-refractivity contribution < 1.29 is 18.8 Å². The molecule has 128 valence electrons. The van der Waals surface area contributed by atoms with Gasteiger partial charge in [-0.15, -0.1) is 0 Å². The molecule has 0 unspecified atom stereocenters. The lowest BCUT2D eigenvalue weighted by molar-refractivity contribution is -0.0756. The van der Waals surface area contributed by atoms with Gasteiger partial charge in [-0.1, -0.05) is 6.07 Å². The Hall–Kier alpha value is -2.67. The zero-order valence-electron chi connectivity index (χ0n) is 14.3. The number of amides is 1. The van der Waals surface area contributed by atoms with Gasteiger partial charge < -0.3 is 9.88 Å². The quantitative estimate of drug-likeness (QED) is 0.675. The van der Waals surface area contributed by atoms with Crippen LogP contribution in [0.1, 0.15) is 33.3 Å². The Morgan fingerprint density at radius 2 is 1.96 bits per heavy atom. The molecule has 2 rings (SSSR count). The number of hydroxylamine groups is 2. The maximum atomic E-state index is 14.1. The first-order valence-electron chi connectivity index (χ1n) is 7.32. The zero-order valence-corrected chi connectivity index (χ0v) is 14.3. The van der Waals surface area contributed by atoms with Crippen molar-refractivity contribution in [1.29, 1.82) is 0 Å². The molecule has 0 radical (unpaired) electrons. The number of aromatic nitrogens is 1. The fourth-order valence-electron chi connectivity index (χ4n) is 2.36. The standard InChI is InChI=1S/C17H20FN3O3/c1-10-6-7-14(13(18)8-10)19-16-12(17(23)21(4)24-5)9-15(11(2)22)20(16)3/h6-9,19H,1-5H3. The molecule has 1 aromatic heterocycles. The molecule has 1 heterocycles. The molecular weight excluding hydrogens is 313 g/mol. The van der Waals surface area contributed by atoms with E-state index in [2.05, 4.69) is 5.32 Å². The summed E-state index contributed by atoms with van der Waals surface area (Å²) in [6.45, 7) is 3.19. The molecule has 2 aromatic rings. The normalized spacial score (nSPS) is 10.6. The highest BCUT2D eigenvalue weighted by Gasteiger charge is 2.24. The van der Waals surface area contributed by atoms with E-state index in [1.807, 2.05) is 0 Å². The van der Waals surface area contributed by atoms with Gasteiger partial charge in [0.1, 0.15) is 11.6 Å². The van der Waals surface area contributed by atoms with E-state index < -0.39 is 11.7 Å². The number of rotatable bonds is 5. The van der Waals surface area contributed by atoms with Crippen LogP contribution in [0.5, 0.6) is 0 Å². The molecule has 0 saturated carbocycles. The molecule has 1 aromatic carbocycles. The molecule has 0 saturated heterocycles. The third kappa shape index (κ3) is 3.30. The summed E-state index contributed by atoms with van der Waals surface area (Å²) >= 11 is 0. The highest BCUT2D eigenvalue weighted by molar-refractivity contribution is 6.03. The second kappa shape index (κ2) is 6.84. The van der Waals surface area contributed by atoms with E-state index in [-0.39, 0.29) is 17.0 Å². The van der Waals surface area contributed by atoms with Crippen LogP contribution in [0.3, 0.4) is 0 Å². The number of nitrogens with one attached hydrogen (secondary N) is 1. The number of halogens is 1. The molecule has 0 aliphatic rings. The minimum Gasteiger partial charge on any atom is -0.339 e. The average molecular weight is 333 g/mol. The number of carbonyl (C=O) groups excluding carboxylic acids is 2.